The topological polar surface area (TPSA) is 61.8 Å². The smallest absolute Gasteiger partial charge is 0.310 e. The number of hydrogen-bond donors (Lipinski definition) is 0. The van der Waals surface area contributed by atoms with Gasteiger partial charge in [0.25, 0.3) is 0 Å². The Kier molecular flexibility index (Phi) is 4.50. The average Bonchev–Trinajstić information content (AvgIpc) is 2.43. The normalized spacial score (nSPS) is 13.7. The van der Waals surface area contributed by atoms with Gasteiger partial charge in [0.15, 0.2) is 23.9 Å². The molecule has 2 rings (SSSR count). The van der Waals surface area contributed by atoms with E-state index in [9.17, 15) is 9.59 Å². The fourth-order valence-corrected chi connectivity index (χ4v) is 1.78. The van der Waals surface area contributed by atoms with Gasteiger partial charge in [0.05, 0.1) is 6.42 Å². The summed E-state index contributed by atoms with van der Waals surface area (Å²) < 4.78 is 15.9. The second-order valence-electron chi connectivity index (χ2n) is 5.99. The van der Waals surface area contributed by atoms with Crippen LogP contribution in [0.4, 0.5) is 0 Å². The molecule has 0 radical (unpaired) electrons. The molecule has 1 aromatic rings. The number of benzene rings is 1. The Labute approximate surface area is 124 Å². The fraction of sp³-hybridized carbons (Fsp3) is 0.500. The summed E-state index contributed by atoms with van der Waals surface area (Å²) >= 11 is 0. The number of fused-ring (bicyclic) bond motifs is 1. The number of hydrogen-bond acceptors (Lipinski definition) is 5. The minimum Gasteiger partial charge on any atom is -0.486 e. The van der Waals surface area contributed by atoms with E-state index in [1.807, 2.05) is 0 Å². The lowest BCUT2D eigenvalue weighted by atomic mass is 9.91. The van der Waals surface area contributed by atoms with E-state index in [1.54, 1.807) is 39.0 Å². The van der Waals surface area contributed by atoms with Gasteiger partial charge in [-0.25, -0.2) is 0 Å². The van der Waals surface area contributed by atoms with Gasteiger partial charge in [0.1, 0.15) is 13.2 Å². The molecule has 0 spiro atoms. The van der Waals surface area contributed by atoms with E-state index in [0.29, 0.717) is 24.7 Å². The second-order valence-corrected chi connectivity index (χ2v) is 5.99. The molecule has 0 atom stereocenters. The summed E-state index contributed by atoms with van der Waals surface area (Å²) in [5.74, 6) is 0.792. The van der Waals surface area contributed by atoms with Crippen molar-refractivity contribution in [3.05, 3.63) is 23.8 Å². The summed E-state index contributed by atoms with van der Waals surface area (Å²) in [6.07, 6.45) is 0.105. The number of esters is 1. The first-order valence-electron chi connectivity index (χ1n) is 6.94. The number of Topliss-reactive ketones (excluding diaryl/α,β-unsaturated/α-hetero) is 1. The van der Waals surface area contributed by atoms with E-state index in [1.165, 1.54) is 0 Å². The molecule has 0 unspecified atom stereocenters. The van der Waals surface area contributed by atoms with Crippen molar-refractivity contribution in [2.45, 2.75) is 27.2 Å². The molecular formula is C16H20O5. The molecule has 114 valence electrons. The molecule has 0 fully saturated rings. The van der Waals surface area contributed by atoms with Crippen molar-refractivity contribution in [3.63, 3.8) is 0 Å². The van der Waals surface area contributed by atoms with Crippen molar-refractivity contribution in [2.24, 2.45) is 5.41 Å². The zero-order valence-electron chi connectivity index (χ0n) is 12.6. The Morgan fingerprint density at radius 2 is 1.81 bits per heavy atom. The summed E-state index contributed by atoms with van der Waals surface area (Å²) in [6, 6.07) is 5.33. The van der Waals surface area contributed by atoms with Crippen molar-refractivity contribution >= 4 is 11.8 Å². The molecule has 0 N–H and O–H groups in total. The van der Waals surface area contributed by atoms with Crippen molar-refractivity contribution in [1.82, 2.24) is 0 Å². The maximum atomic E-state index is 11.8. The third-order valence-corrected chi connectivity index (χ3v) is 3.16. The summed E-state index contributed by atoms with van der Waals surface area (Å²) in [7, 11) is 0. The molecule has 0 saturated heterocycles. The third kappa shape index (κ3) is 4.21. The monoisotopic (exact) mass is 292 g/mol. The van der Waals surface area contributed by atoms with Crippen LogP contribution in [0.1, 0.15) is 26.3 Å². The van der Waals surface area contributed by atoms with Crippen LogP contribution in [0.25, 0.3) is 0 Å². The second kappa shape index (κ2) is 6.16. The van der Waals surface area contributed by atoms with Gasteiger partial charge >= 0.3 is 5.97 Å². The summed E-state index contributed by atoms with van der Waals surface area (Å²) in [6.45, 7) is 6.23. The molecule has 21 heavy (non-hydrogen) atoms. The van der Waals surface area contributed by atoms with Crippen LogP contribution < -0.4 is 9.47 Å². The Balaban J connectivity index is 1.90. The van der Waals surface area contributed by atoms with Gasteiger partial charge in [0, 0.05) is 5.41 Å². The highest BCUT2D eigenvalue weighted by molar-refractivity contribution is 5.86. The highest BCUT2D eigenvalue weighted by atomic mass is 16.6. The first kappa shape index (κ1) is 15.4. The average molecular weight is 292 g/mol. The van der Waals surface area contributed by atoms with Crippen LogP contribution in [0.2, 0.25) is 0 Å². The minimum absolute atomic E-state index is 0.0991. The van der Waals surface area contributed by atoms with Crippen LogP contribution in [-0.2, 0) is 20.7 Å². The van der Waals surface area contributed by atoms with E-state index in [2.05, 4.69) is 0 Å². The standard InChI is InChI=1S/C16H20O5/c1-16(2,3)14(17)10-21-15(18)9-11-4-5-12-13(8-11)20-7-6-19-12/h4-5,8H,6-7,9-10H2,1-3H3. The lowest BCUT2D eigenvalue weighted by Gasteiger charge is -2.19. The van der Waals surface area contributed by atoms with Crippen LogP contribution in [0.3, 0.4) is 0 Å². The zero-order chi connectivity index (χ0) is 15.5. The van der Waals surface area contributed by atoms with E-state index in [0.717, 1.165) is 5.56 Å². The molecule has 0 aliphatic carbocycles. The van der Waals surface area contributed by atoms with E-state index < -0.39 is 11.4 Å². The maximum absolute atomic E-state index is 11.8. The molecule has 5 heteroatoms. The third-order valence-electron chi connectivity index (χ3n) is 3.16. The lowest BCUT2D eigenvalue weighted by molar-refractivity contribution is -0.149. The Bertz CT molecular complexity index is 542. The van der Waals surface area contributed by atoms with Gasteiger partial charge in [0.2, 0.25) is 0 Å². The van der Waals surface area contributed by atoms with Crippen LogP contribution >= 0.6 is 0 Å². The highest BCUT2D eigenvalue weighted by Crippen LogP contribution is 2.30. The van der Waals surface area contributed by atoms with Crippen LogP contribution in [0.15, 0.2) is 18.2 Å². The number of ether oxygens (including phenoxy) is 3. The van der Waals surface area contributed by atoms with Crippen molar-refractivity contribution < 1.29 is 23.8 Å². The zero-order valence-corrected chi connectivity index (χ0v) is 12.6. The van der Waals surface area contributed by atoms with Crippen molar-refractivity contribution in [1.29, 1.82) is 0 Å². The van der Waals surface area contributed by atoms with Gasteiger partial charge < -0.3 is 14.2 Å². The molecule has 1 heterocycles. The van der Waals surface area contributed by atoms with Gasteiger partial charge in [-0.1, -0.05) is 26.8 Å². The predicted octanol–water partition coefficient (Wildman–Crippen LogP) is 2.16. The highest BCUT2D eigenvalue weighted by Gasteiger charge is 2.22. The maximum Gasteiger partial charge on any atom is 0.310 e. The van der Waals surface area contributed by atoms with Crippen LogP contribution in [0.5, 0.6) is 11.5 Å². The molecular weight excluding hydrogens is 272 g/mol. The van der Waals surface area contributed by atoms with Gasteiger partial charge in [-0.15, -0.1) is 0 Å². The Morgan fingerprint density at radius 1 is 1.14 bits per heavy atom. The number of carbonyl (C=O) groups is 2. The molecule has 1 aliphatic heterocycles. The molecule has 0 amide bonds. The number of rotatable bonds is 4. The molecule has 0 aromatic heterocycles. The van der Waals surface area contributed by atoms with E-state index in [4.69, 9.17) is 14.2 Å². The van der Waals surface area contributed by atoms with Gasteiger partial charge in [-0.3, -0.25) is 9.59 Å². The SMILES string of the molecule is CC(C)(C)C(=O)COC(=O)Cc1ccc2c(c1)OCCO2. The lowest BCUT2D eigenvalue weighted by Crippen LogP contribution is -2.26. The van der Waals surface area contributed by atoms with Crippen molar-refractivity contribution in [3.8, 4) is 11.5 Å². The number of ketones is 1. The first-order chi connectivity index (χ1) is 9.86. The molecule has 1 aromatic carbocycles. The van der Waals surface area contributed by atoms with Gasteiger partial charge in [-0.2, -0.15) is 0 Å². The quantitative estimate of drug-likeness (QED) is 0.796. The molecule has 0 saturated carbocycles. The molecule has 5 nitrogen and oxygen atoms in total. The Morgan fingerprint density at radius 3 is 2.48 bits per heavy atom. The first-order valence-corrected chi connectivity index (χ1v) is 6.94. The van der Waals surface area contributed by atoms with E-state index in [-0.39, 0.29) is 18.8 Å². The minimum atomic E-state index is -0.503. The summed E-state index contributed by atoms with van der Waals surface area (Å²) in [4.78, 5) is 23.5. The van der Waals surface area contributed by atoms with Crippen LogP contribution in [0, 0.1) is 5.41 Å². The Hall–Kier alpha value is -2.04. The molecule has 0 bridgehead atoms. The van der Waals surface area contributed by atoms with Crippen molar-refractivity contribution in [2.75, 3.05) is 19.8 Å². The van der Waals surface area contributed by atoms with E-state index >= 15 is 0 Å². The summed E-state index contributed by atoms with van der Waals surface area (Å²) in [5, 5.41) is 0. The summed E-state index contributed by atoms with van der Waals surface area (Å²) in [5.41, 5.74) is 0.268. The molecule has 1 aliphatic rings. The van der Waals surface area contributed by atoms with Crippen LogP contribution in [-0.4, -0.2) is 31.6 Å². The fourth-order valence-electron chi connectivity index (χ4n) is 1.78. The largest absolute Gasteiger partial charge is 0.486 e. The predicted molar refractivity (Wildman–Crippen MR) is 76.6 cm³/mol. The van der Waals surface area contributed by atoms with Gasteiger partial charge in [-0.05, 0) is 17.7 Å². The number of carbonyl (C=O) groups excluding carboxylic acids is 2.